The third-order valence-electron chi connectivity index (χ3n) is 4.18. The van der Waals surface area contributed by atoms with Gasteiger partial charge in [-0.2, -0.15) is 0 Å². The zero-order valence-electron chi connectivity index (χ0n) is 13.2. The Hall–Kier alpha value is -2.60. The lowest BCUT2D eigenvalue weighted by atomic mass is 10.1. The summed E-state index contributed by atoms with van der Waals surface area (Å²) in [6.45, 7) is 2.72. The largest absolute Gasteiger partial charge is 0.365 e. The first-order valence-corrected chi connectivity index (χ1v) is 8.84. The second-order valence-electron chi connectivity index (χ2n) is 5.78. The summed E-state index contributed by atoms with van der Waals surface area (Å²) < 4.78 is 1.24. The third-order valence-corrected chi connectivity index (χ3v) is 5.06. The number of rotatable bonds is 4. The van der Waals surface area contributed by atoms with Crippen LogP contribution in [0.3, 0.4) is 0 Å². The number of hydrogen-bond acceptors (Lipinski definition) is 5. The summed E-state index contributed by atoms with van der Waals surface area (Å²) in [5, 5.41) is 9.51. The number of thiophene rings is 1. The highest BCUT2D eigenvalue weighted by Crippen LogP contribution is 2.26. The van der Waals surface area contributed by atoms with Gasteiger partial charge in [0.25, 0.3) is 0 Å². The summed E-state index contributed by atoms with van der Waals surface area (Å²) in [5.41, 5.74) is 2.28. The molecule has 0 radical (unpaired) electrons. The van der Waals surface area contributed by atoms with E-state index < -0.39 is 0 Å². The Morgan fingerprint density at radius 1 is 1.21 bits per heavy atom. The van der Waals surface area contributed by atoms with Gasteiger partial charge in [0, 0.05) is 41.6 Å². The molecule has 5 nitrogen and oxygen atoms in total. The van der Waals surface area contributed by atoms with Gasteiger partial charge in [-0.1, -0.05) is 12.1 Å². The van der Waals surface area contributed by atoms with E-state index in [-0.39, 0.29) is 5.91 Å². The molecule has 0 atom stereocenters. The fraction of sp³-hybridized carbons (Fsp3) is 0.222. The number of pyridine rings is 1. The molecule has 0 saturated carbocycles. The van der Waals surface area contributed by atoms with Crippen molar-refractivity contribution < 1.29 is 4.79 Å². The van der Waals surface area contributed by atoms with Crippen LogP contribution in [0.4, 0.5) is 11.5 Å². The number of nitrogens with zero attached hydrogens (tertiary/aromatic N) is 2. The minimum Gasteiger partial charge on any atom is -0.365 e. The van der Waals surface area contributed by atoms with Crippen molar-refractivity contribution in [3.8, 4) is 0 Å². The van der Waals surface area contributed by atoms with Gasteiger partial charge in [0.05, 0.1) is 6.54 Å². The molecule has 24 heavy (non-hydrogen) atoms. The quantitative estimate of drug-likeness (QED) is 0.768. The summed E-state index contributed by atoms with van der Waals surface area (Å²) in [4.78, 5) is 18.0. The van der Waals surface area contributed by atoms with Crippen LogP contribution in [-0.2, 0) is 11.3 Å². The zero-order chi connectivity index (χ0) is 16.4. The topological polar surface area (TPSA) is 57.3 Å². The molecular weight excluding hydrogens is 320 g/mol. The number of aromatic nitrogens is 1. The Labute approximate surface area is 144 Å². The molecule has 0 unspecified atom stereocenters. The van der Waals surface area contributed by atoms with Crippen molar-refractivity contribution in [1.29, 1.82) is 0 Å². The molecule has 1 aromatic carbocycles. The highest BCUT2D eigenvalue weighted by molar-refractivity contribution is 7.17. The molecule has 3 aromatic rings. The number of carbonyl (C=O) groups excluding carboxylic acids is 1. The molecule has 2 aromatic heterocycles. The molecule has 1 saturated heterocycles. The van der Waals surface area contributed by atoms with E-state index in [9.17, 15) is 4.79 Å². The van der Waals surface area contributed by atoms with Crippen LogP contribution < -0.4 is 15.5 Å². The Morgan fingerprint density at radius 2 is 2.08 bits per heavy atom. The second-order valence-corrected chi connectivity index (χ2v) is 6.73. The van der Waals surface area contributed by atoms with E-state index in [1.807, 2.05) is 12.3 Å². The Bertz CT molecular complexity index is 859. The molecule has 0 bridgehead atoms. The molecule has 122 valence electrons. The van der Waals surface area contributed by atoms with Gasteiger partial charge in [0.1, 0.15) is 5.82 Å². The Balaban J connectivity index is 1.44. The molecular formula is C18H18N4OS. The highest BCUT2D eigenvalue weighted by atomic mass is 32.1. The molecule has 1 fully saturated rings. The molecule has 2 N–H and O–H groups in total. The maximum Gasteiger partial charge on any atom is 0.239 e. The normalized spacial score (nSPS) is 14.7. The number of benzene rings is 1. The molecule has 1 amide bonds. The van der Waals surface area contributed by atoms with E-state index in [1.165, 1.54) is 15.6 Å². The number of fused-ring (bicyclic) bond motifs is 1. The molecule has 6 heteroatoms. The first kappa shape index (κ1) is 15.0. The van der Waals surface area contributed by atoms with Crippen LogP contribution in [0.5, 0.6) is 0 Å². The lowest BCUT2D eigenvalue weighted by Gasteiger charge is -2.28. The molecule has 1 aliphatic heterocycles. The number of anilines is 2. The number of hydrogen-bond donors (Lipinski definition) is 2. The average Bonchev–Trinajstić information content (AvgIpc) is 3.10. The van der Waals surface area contributed by atoms with E-state index in [0.717, 1.165) is 24.6 Å². The maximum absolute atomic E-state index is 11.5. The zero-order valence-corrected chi connectivity index (χ0v) is 14.0. The van der Waals surface area contributed by atoms with E-state index in [0.29, 0.717) is 13.1 Å². The van der Waals surface area contributed by atoms with Crippen LogP contribution in [0, 0.1) is 0 Å². The highest BCUT2D eigenvalue weighted by Gasteiger charge is 2.16. The minimum absolute atomic E-state index is 0.0851. The van der Waals surface area contributed by atoms with Crippen molar-refractivity contribution in [2.45, 2.75) is 6.54 Å². The number of carbonyl (C=O) groups is 1. The van der Waals surface area contributed by atoms with Crippen molar-refractivity contribution >= 4 is 38.8 Å². The van der Waals surface area contributed by atoms with Crippen molar-refractivity contribution in [2.24, 2.45) is 0 Å². The predicted octanol–water partition coefficient (Wildman–Crippen LogP) is 2.84. The van der Waals surface area contributed by atoms with E-state index in [4.69, 9.17) is 0 Å². The van der Waals surface area contributed by atoms with Crippen molar-refractivity contribution in [3.05, 3.63) is 53.5 Å². The van der Waals surface area contributed by atoms with Gasteiger partial charge < -0.3 is 15.5 Å². The van der Waals surface area contributed by atoms with Crippen LogP contribution in [0.15, 0.2) is 48.0 Å². The second kappa shape index (κ2) is 6.49. The minimum atomic E-state index is 0.0851. The number of nitrogens with one attached hydrogen (secondary N) is 2. The fourth-order valence-corrected chi connectivity index (χ4v) is 3.69. The monoisotopic (exact) mass is 338 g/mol. The molecule has 1 aliphatic rings. The maximum atomic E-state index is 11.5. The lowest BCUT2D eigenvalue weighted by Crippen LogP contribution is -2.47. The Kier molecular flexibility index (Phi) is 4.04. The summed E-state index contributed by atoms with van der Waals surface area (Å²) in [6, 6.07) is 12.5. The molecule has 3 heterocycles. The van der Waals surface area contributed by atoms with Crippen LogP contribution in [0.25, 0.3) is 10.1 Å². The number of piperazine rings is 1. The Morgan fingerprint density at radius 3 is 2.92 bits per heavy atom. The summed E-state index contributed by atoms with van der Waals surface area (Å²) in [6.07, 6.45) is 1.84. The van der Waals surface area contributed by atoms with Gasteiger partial charge >= 0.3 is 0 Å². The summed E-state index contributed by atoms with van der Waals surface area (Å²) in [7, 11) is 0. The van der Waals surface area contributed by atoms with Crippen molar-refractivity contribution in [3.63, 3.8) is 0 Å². The third kappa shape index (κ3) is 3.05. The average molecular weight is 338 g/mol. The SMILES string of the molecule is O=C1CN(c2ccc(CNc3nccc4sccc34)cc2)CCN1. The van der Waals surface area contributed by atoms with E-state index in [2.05, 4.69) is 56.2 Å². The van der Waals surface area contributed by atoms with Crippen LogP contribution in [-0.4, -0.2) is 30.5 Å². The van der Waals surface area contributed by atoms with Gasteiger partial charge in [-0.15, -0.1) is 11.3 Å². The standard InChI is InChI=1S/C18H18N4OS/c23-17-12-22(9-8-19-17)14-3-1-13(2-4-14)11-21-18-15-6-10-24-16(15)5-7-20-18/h1-7,10H,8-9,11-12H2,(H,19,23)(H,20,21). The predicted molar refractivity (Wildman–Crippen MR) is 98.6 cm³/mol. The van der Waals surface area contributed by atoms with Gasteiger partial charge in [-0.25, -0.2) is 4.98 Å². The summed E-state index contributed by atoms with van der Waals surface area (Å²) in [5.74, 6) is 1.01. The number of amides is 1. The lowest BCUT2D eigenvalue weighted by molar-refractivity contribution is -0.120. The van der Waals surface area contributed by atoms with Gasteiger partial charge in [-0.05, 0) is 35.2 Å². The van der Waals surface area contributed by atoms with Crippen LogP contribution in [0.2, 0.25) is 0 Å². The fourth-order valence-electron chi connectivity index (χ4n) is 2.90. The van der Waals surface area contributed by atoms with Crippen LogP contribution >= 0.6 is 11.3 Å². The molecule has 0 aliphatic carbocycles. The summed E-state index contributed by atoms with van der Waals surface area (Å²) >= 11 is 1.72. The van der Waals surface area contributed by atoms with Crippen molar-refractivity contribution in [2.75, 3.05) is 29.9 Å². The van der Waals surface area contributed by atoms with E-state index >= 15 is 0 Å². The smallest absolute Gasteiger partial charge is 0.239 e. The first-order chi connectivity index (χ1) is 11.8. The van der Waals surface area contributed by atoms with Crippen LogP contribution in [0.1, 0.15) is 5.56 Å². The van der Waals surface area contributed by atoms with Gasteiger partial charge in [0.15, 0.2) is 0 Å². The van der Waals surface area contributed by atoms with Gasteiger partial charge in [0.2, 0.25) is 5.91 Å². The molecule has 4 rings (SSSR count). The molecule has 0 spiro atoms. The van der Waals surface area contributed by atoms with Crippen molar-refractivity contribution in [1.82, 2.24) is 10.3 Å². The van der Waals surface area contributed by atoms with E-state index in [1.54, 1.807) is 11.3 Å². The first-order valence-electron chi connectivity index (χ1n) is 7.96. The van der Waals surface area contributed by atoms with Gasteiger partial charge in [-0.3, -0.25) is 4.79 Å².